The number of nitrogens with two attached hydrogens (primary N) is 1. The normalized spacial score (nSPS) is 13.0. The second kappa shape index (κ2) is 5.90. The number of nitrogens with zero attached hydrogens (tertiary/aromatic N) is 1. The number of hydrogen-bond acceptors (Lipinski definition) is 5. The van der Waals surface area contributed by atoms with Crippen LogP contribution in [0.5, 0.6) is 0 Å². The van der Waals surface area contributed by atoms with Gasteiger partial charge in [0.25, 0.3) is 0 Å². The van der Waals surface area contributed by atoms with E-state index in [1.54, 1.807) is 17.5 Å². The van der Waals surface area contributed by atoms with E-state index in [1.807, 2.05) is 0 Å². The second-order valence-electron chi connectivity index (χ2n) is 4.50. The van der Waals surface area contributed by atoms with Crippen LogP contribution in [0.15, 0.2) is 29.6 Å². The molecular formula is C13H13FN2O3S2. The lowest BCUT2D eigenvalue weighted by molar-refractivity contribution is -0.117. The Hall–Kier alpha value is -1.80. The number of hydrogen-bond donors (Lipinski definition) is 1. The fraction of sp³-hybridized carbons (Fsp3) is 0.231. The number of carbonyl (C=O) groups is 1. The summed E-state index contributed by atoms with van der Waals surface area (Å²) in [7, 11) is -3.68. The van der Waals surface area contributed by atoms with Gasteiger partial charge in [0, 0.05) is 10.9 Å². The molecule has 0 bridgehead atoms. The van der Waals surface area contributed by atoms with Crippen molar-refractivity contribution in [2.75, 3.05) is 0 Å². The van der Waals surface area contributed by atoms with Crippen molar-refractivity contribution >= 4 is 27.1 Å². The summed E-state index contributed by atoms with van der Waals surface area (Å²) < 4.78 is 36.7. The third-order valence-electron chi connectivity index (χ3n) is 2.93. The van der Waals surface area contributed by atoms with Crippen LogP contribution in [0, 0.1) is 5.82 Å². The zero-order valence-electron chi connectivity index (χ0n) is 11.1. The Morgan fingerprint density at radius 1 is 1.38 bits per heavy atom. The Labute approximate surface area is 125 Å². The molecular weight excluding hydrogens is 315 g/mol. The number of halogens is 1. The van der Waals surface area contributed by atoms with Gasteiger partial charge in [-0.3, -0.25) is 4.79 Å². The van der Waals surface area contributed by atoms with E-state index in [0.717, 1.165) is 0 Å². The quantitative estimate of drug-likeness (QED) is 0.905. The van der Waals surface area contributed by atoms with Gasteiger partial charge in [-0.05, 0) is 31.2 Å². The van der Waals surface area contributed by atoms with Crippen LogP contribution in [0.4, 0.5) is 4.39 Å². The maximum absolute atomic E-state index is 12.9. The van der Waals surface area contributed by atoms with E-state index in [4.69, 9.17) is 5.73 Å². The van der Waals surface area contributed by atoms with Gasteiger partial charge in [-0.15, -0.1) is 11.3 Å². The molecule has 21 heavy (non-hydrogen) atoms. The molecule has 0 aliphatic rings. The molecule has 2 N–H and O–H groups in total. The van der Waals surface area contributed by atoms with E-state index in [2.05, 4.69) is 4.98 Å². The van der Waals surface area contributed by atoms with Gasteiger partial charge in [0.05, 0.1) is 11.4 Å². The number of amides is 1. The van der Waals surface area contributed by atoms with Gasteiger partial charge in [0.15, 0.2) is 9.84 Å². The van der Waals surface area contributed by atoms with E-state index < -0.39 is 21.0 Å². The number of sulfone groups is 1. The first-order valence-electron chi connectivity index (χ1n) is 6.01. The van der Waals surface area contributed by atoms with Gasteiger partial charge >= 0.3 is 0 Å². The molecule has 0 fully saturated rings. The summed E-state index contributed by atoms with van der Waals surface area (Å²) in [5, 5.41) is 0.935. The average molecular weight is 328 g/mol. The average Bonchev–Trinajstić information content (AvgIpc) is 2.86. The largest absolute Gasteiger partial charge is 0.369 e. The van der Waals surface area contributed by atoms with Crippen molar-refractivity contribution in [3.8, 4) is 10.6 Å². The molecule has 0 aliphatic carbocycles. The molecule has 1 heterocycles. The van der Waals surface area contributed by atoms with Crippen LogP contribution in [-0.4, -0.2) is 24.6 Å². The molecule has 0 unspecified atom stereocenters. The minimum atomic E-state index is -3.68. The predicted molar refractivity (Wildman–Crippen MR) is 78.8 cm³/mol. The highest BCUT2D eigenvalue weighted by molar-refractivity contribution is 7.92. The molecule has 112 valence electrons. The summed E-state index contributed by atoms with van der Waals surface area (Å²) in [6.45, 7) is 1.25. The van der Waals surface area contributed by atoms with Crippen LogP contribution in [0.1, 0.15) is 12.6 Å². The predicted octanol–water partition coefficient (Wildman–Crippen LogP) is 1.74. The standard InChI is InChI=1S/C13H13FN2O3S2/c1-8(12(15)17)21(18,19)7-11-6-20-13(16-11)9-2-4-10(14)5-3-9/h2-6,8H,7H2,1H3,(H2,15,17)/t8-/m1/s1. The lowest BCUT2D eigenvalue weighted by Gasteiger charge is -2.07. The smallest absolute Gasteiger partial charge is 0.235 e. The van der Waals surface area contributed by atoms with E-state index in [0.29, 0.717) is 16.3 Å². The third kappa shape index (κ3) is 3.64. The Kier molecular flexibility index (Phi) is 4.38. The molecule has 1 aromatic heterocycles. The van der Waals surface area contributed by atoms with Crippen molar-refractivity contribution in [3.05, 3.63) is 41.2 Å². The van der Waals surface area contributed by atoms with Gasteiger partial charge in [0.2, 0.25) is 5.91 Å². The Morgan fingerprint density at radius 3 is 2.57 bits per heavy atom. The zero-order valence-corrected chi connectivity index (χ0v) is 12.7. The lowest BCUT2D eigenvalue weighted by atomic mass is 10.2. The van der Waals surface area contributed by atoms with Crippen LogP contribution >= 0.6 is 11.3 Å². The molecule has 2 rings (SSSR count). The van der Waals surface area contributed by atoms with Crippen molar-refractivity contribution in [1.82, 2.24) is 4.98 Å². The van der Waals surface area contributed by atoms with Crippen LogP contribution in [0.25, 0.3) is 10.6 Å². The maximum Gasteiger partial charge on any atom is 0.235 e. The molecule has 2 aromatic rings. The van der Waals surface area contributed by atoms with Crippen molar-refractivity contribution in [2.45, 2.75) is 17.9 Å². The van der Waals surface area contributed by atoms with Crippen LogP contribution in [-0.2, 0) is 20.4 Å². The summed E-state index contributed by atoms with van der Waals surface area (Å²) in [6, 6.07) is 5.75. The van der Waals surface area contributed by atoms with E-state index in [1.165, 1.54) is 30.4 Å². The molecule has 0 saturated carbocycles. The highest BCUT2D eigenvalue weighted by atomic mass is 32.2. The minimum absolute atomic E-state index is 0.340. The zero-order chi connectivity index (χ0) is 15.6. The van der Waals surface area contributed by atoms with Crippen molar-refractivity contribution < 1.29 is 17.6 Å². The first-order chi connectivity index (χ1) is 9.79. The van der Waals surface area contributed by atoms with Crippen molar-refractivity contribution in [3.63, 3.8) is 0 Å². The highest BCUT2D eigenvalue weighted by Gasteiger charge is 2.27. The number of aromatic nitrogens is 1. The van der Waals surface area contributed by atoms with E-state index >= 15 is 0 Å². The summed E-state index contributed by atoms with van der Waals surface area (Å²) in [5.41, 5.74) is 6.06. The number of carbonyl (C=O) groups excluding carboxylic acids is 1. The minimum Gasteiger partial charge on any atom is -0.369 e. The van der Waals surface area contributed by atoms with Gasteiger partial charge in [-0.25, -0.2) is 17.8 Å². The summed E-state index contributed by atoms with van der Waals surface area (Å²) >= 11 is 1.26. The van der Waals surface area contributed by atoms with Crippen molar-refractivity contribution in [2.24, 2.45) is 5.73 Å². The molecule has 1 amide bonds. The van der Waals surface area contributed by atoms with E-state index in [9.17, 15) is 17.6 Å². The monoisotopic (exact) mass is 328 g/mol. The number of benzene rings is 1. The van der Waals surface area contributed by atoms with Gasteiger partial charge in [-0.1, -0.05) is 0 Å². The topological polar surface area (TPSA) is 90.1 Å². The molecule has 1 aromatic carbocycles. The summed E-state index contributed by atoms with van der Waals surface area (Å²) in [6.07, 6.45) is 0. The number of rotatable bonds is 5. The van der Waals surface area contributed by atoms with Crippen molar-refractivity contribution in [1.29, 1.82) is 0 Å². The molecule has 8 heteroatoms. The second-order valence-corrected chi connectivity index (χ2v) is 7.68. The van der Waals surface area contributed by atoms with Gasteiger partial charge in [-0.2, -0.15) is 0 Å². The lowest BCUT2D eigenvalue weighted by Crippen LogP contribution is -2.34. The molecule has 0 spiro atoms. The summed E-state index contributed by atoms with van der Waals surface area (Å²) in [5.74, 6) is -1.59. The van der Waals surface area contributed by atoms with E-state index in [-0.39, 0.29) is 11.6 Å². The number of thiazole rings is 1. The molecule has 0 saturated heterocycles. The fourth-order valence-electron chi connectivity index (χ4n) is 1.61. The first kappa shape index (κ1) is 15.6. The van der Waals surface area contributed by atoms with Crippen LogP contribution in [0.2, 0.25) is 0 Å². The van der Waals surface area contributed by atoms with Crippen LogP contribution < -0.4 is 5.73 Å². The highest BCUT2D eigenvalue weighted by Crippen LogP contribution is 2.25. The fourth-order valence-corrected chi connectivity index (χ4v) is 3.70. The molecule has 1 atom stereocenters. The molecule has 0 aliphatic heterocycles. The molecule has 0 radical (unpaired) electrons. The van der Waals surface area contributed by atoms with Gasteiger partial charge in [0.1, 0.15) is 16.1 Å². The Bertz CT molecular complexity index is 754. The third-order valence-corrected chi connectivity index (χ3v) is 5.88. The molecule has 5 nitrogen and oxygen atoms in total. The van der Waals surface area contributed by atoms with Crippen LogP contribution in [0.3, 0.4) is 0 Å². The maximum atomic E-state index is 12.9. The Morgan fingerprint density at radius 2 is 2.00 bits per heavy atom. The first-order valence-corrected chi connectivity index (χ1v) is 8.60. The number of primary amides is 1. The van der Waals surface area contributed by atoms with Gasteiger partial charge < -0.3 is 5.73 Å². The SMILES string of the molecule is C[C@H](C(N)=O)S(=O)(=O)Cc1csc(-c2ccc(F)cc2)n1. The Balaban J connectivity index is 2.21. The summed E-state index contributed by atoms with van der Waals surface area (Å²) in [4.78, 5) is 15.2.